The first kappa shape index (κ1) is 17.0. The van der Waals surface area contributed by atoms with E-state index in [4.69, 9.17) is 0 Å². The Hall–Kier alpha value is -2.89. The van der Waals surface area contributed by atoms with E-state index in [1.54, 1.807) is 19.4 Å². The maximum Gasteiger partial charge on any atom is 0.235 e. The van der Waals surface area contributed by atoms with Gasteiger partial charge in [0.15, 0.2) is 0 Å². The zero-order valence-corrected chi connectivity index (χ0v) is 14.2. The van der Waals surface area contributed by atoms with Crippen LogP contribution < -0.4 is 16.0 Å². The predicted molar refractivity (Wildman–Crippen MR) is 96.2 cm³/mol. The second-order valence-corrected chi connectivity index (χ2v) is 6.26. The number of carbonyl (C=O) groups is 2. The summed E-state index contributed by atoms with van der Waals surface area (Å²) in [6.45, 7) is 0.410. The highest BCUT2D eigenvalue weighted by Crippen LogP contribution is 2.41. The molecular weight excluding hydrogens is 316 g/mol. The number of hydrogen-bond donors (Lipinski definition) is 3. The average molecular weight is 338 g/mol. The van der Waals surface area contributed by atoms with Gasteiger partial charge >= 0.3 is 0 Å². The van der Waals surface area contributed by atoms with E-state index < -0.39 is 5.41 Å². The Balaban J connectivity index is 1.57. The molecule has 1 fully saturated rings. The highest BCUT2D eigenvalue weighted by molar-refractivity contribution is 6.05. The molecule has 25 heavy (non-hydrogen) atoms. The van der Waals surface area contributed by atoms with Crippen LogP contribution in [-0.4, -0.2) is 23.8 Å². The number of benzene rings is 1. The molecule has 0 unspecified atom stereocenters. The predicted octanol–water partition coefficient (Wildman–Crippen LogP) is 2.36. The first-order valence-corrected chi connectivity index (χ1v) is 8.40. The van der Waals surface area contributed by atoms with Gasteiger partial charge in [0.25, 0.3) is 0 Å². The number of amides is 2. The summed E-state index contributed by atoms with van der Waals surface area (Å²) in [5.74, 6) is -0.370. The van der Waals surface area contributed by atoms with Crippen LogP contribution in [0.5, 0.6) is 0 Å². The van der Waals surface area contributed by atoms with Crippen molar-refractivity contribution in [2.75, 3.05) is 12.4 Å². The van der Waals surface area contributed by atoms with E-state index in [0.717, 1.165) is 23.4 Å². The van der Waals surface area contributed by atoms with Gasteiger partial charge in [-0.2, -0.15) is 0 Å². The van der Waals surface area contributed by atoms with Crippen molar-refractivity contribution < 1.29 is 9.59 Å². The number of hydrogen-bond acceptors (Lipinski definition) is 4. The molecule has 0 spiro atoms. The first-order chi connectivity index (χ1) is 12.1. The molecule has 0 bridgehead atoms. The lowest BCUT2D eigenvalue weighted by atomic mass is 9.67. The van der Waals surface area contributed by atoms with Crippen molar-refractivity contribution in [1.82, 2.24) is 15.6 Å². The van der Waals surface area contributed by atoms with E-state index in [2.05, 4.69) is 20.9 Å². The van der Waals surface area contributed by atoms with Gasteiger partial charge in [-0.3, -0.25) is 14.6 Å². The summed E-state index contributed by atoms with van der Waals surface area (Å²) in [5, 5.41) is 8.78. The van der Waals surface area contributed by atoms with Crippen LogP contribution in [0.4, 0.5) is 11.4 Å². The second-order valence-electron chi connectivity index (χ2n) is 6.26. The molecular formula is C19H22N4O2. The zero-order valence-electron chi connectivity index (χ0n) is 14.2. The minimum absolute atomic E-state index is 0.183. The van der Waals surface area contributed by atoms with Crippen LogP contribution in [0, 0.1) is 5.41 Å². The molecule has 1 saturated carbocycles. The SMILES string of the molecule is CNC(=O)C1(C(=O)NCc2ccc(Nc3ccncc3)cc2)CCC1. The van der Waals surface area contributed by atoms with E-state index in [0.29, 0.717) is 19.4 Å². The molecule has 1 aliphatic rings. The second kappa shape index (κ2) is 7.34. The van der Waals surface area contributed by atoms with Crippen molar-refractivity contribution in [1.29, 1.82) is 0 Å². The fourth-order valence-electron chi connectivity index (χ4n) is 2.99. The lowest BCUT2D eigenvalue weighted by Crippen LogP contribution is -2.54. The maximum absolute atomic E-state index is 12.4. The Morgan fingerprint density at radius 3 is 2.20 bits per heavy atom. The summed E-state index contributed by atoms with van der Waals surface area (Å²) in [6.07, 6.45) is 5.61. The van der Waals surface area contributed by atoms with E-state index in [1.165, 1.54) is 0 Å². The summed E-state index contributed by atoms with van der Waals surface area (Å²) in [5.41, 5.74) is 2.04. The molecule has 0 atom stereocenters. The summed E-state index contributed by atoms with van der Waals surface area (Å²) >= 11 is 0. The molecule has 1 heterocycles. The molecule has 3 rings (SSSR count). The Labute approximate surface area is 147 Å². The monoisotopic (exact) mass is 338 g/mol. The van der Waals surface area contributed by atoms with Crippen LogP contribution >= 0.6 is 0 Å². The summed E-state index contributed by atoms with van der Waals surface area (Å²) in [4.78, 5) is 28.4. The molecule has 1 aromatic carbocycles. The van der Waals surface area contributed by atoms with Crippen LogP contribution in [0.3, 0.4) is 0 Å². The van der Waals surface area contributed by atoms with Gasteiger partial charge < -0.3 is 16.0 Å². The summed E-state index contributed by atoms with van der Waals surface area (Å²) < 4.78 is 0. The molecule has 6 nitrogen and oxygen atoms in total. The number of nitrogens with zero attached hydrogens (tertiary/aromatic N) is 1. The van der Waals surface area contributed by atoms with Gasteiger partial charge in [0.2, 0.25) is 11.8 Å². The minimum Gasteiger partial charge on any atom is -0.358 e. The molecule has 1 aliphatic carbocycles. The van der Waals surface area contributed by atoms with Crippen LogP contribution in [0.15, 0.2) is 48.8 Å². The van der Waals surface area contributed by atoms with Crippen molar-refractivity contribution in [3.63, 3.8) is 0 Å². The van der Waals surface area contributed by atoms with Crippen molar-refractivity contribution in [2.45, 2.75) is 25.8 Å². The first-order valence-electron chi connectivity index (χ1n) is 8.40. The summed E-state index contributed by atoms with van der Waals surface area (Å²) in [6, 6.07) is 11.6. The van der Waals surface area contributed by atoms with Crippen molar-refractivity contribution in [3.8, 4) is 0 Å². The van der Waals surface area contributed by atoms with Crippen molar-refractivity contribution in [2.24, 2.45) is 5.41 Å². The molecule has 6 heteroatoms. The third-order valence-electron chi connectivity index (χ3n) is 4.68. The van der Waals surface area contributed by atoms with Gasteiger partial charge in [-0.15, -0.1) is 0 Å². The number of rotatable bonds is 6. The molecule has 2 amide bonds. The summed E-state index contributed by atoms with van der Waals surface area (Å²) in [7, 11) is 1.57. The van der Waals surface area contributed by atoms with E-state index in [1.807, 2.05) is 36.4 Å². The van der Waals surface area contributed by atoms with Crippen LogP contribution in [0.2, 0.25) is 0 Å². The lowest BCUT2D eigenvalue weighted by molar-refractivity contribution is -0.149. The van der Waals surface area contributed by atoms with Gasteiger partial charge in [-0.1, -0.05) is 18.6 Å². The molecule has 130 valence electrons. The van der Waals surface area contributed by atoms with Gasteiger partial charge in [-0.05, 0) is 42.7 Å². The van der Waals surface area contributed by atoms with Crippen LogP contribution in [0.1, 0.15) is 24.8 Å². The van der Waals surface area contributed by atoms with Gasteiger partial charge in [0, 0.05) is 37.4 Å². The molecule has 2 aromatic rings. The zero-order chi connectivity index (χ0) is 17.7. The van der Waals surface area contributed by atoms with Crippen molar-refractivity contribution >= 4 is 23.2 Å². The smallest absolute Gasteiger partial charge is 0.235 e. The quantitative estimate of drug-likeness (QED) is 0.706. The Morgan fingerprint density at radius 2 is 1.64 bits per heavy atom. The highest BCUT2D eigenvalue weighted by atomic mass is 16.2. The van der Waals surface area contributed by atoms with E-state index >= 15 is 0 Å². The third-order valence-corrected chi connectivity index (χ3v) is 4.68. The number of nitrogens with one attached hydrogen (secondary N) is 3. The molecule has 1 aromatic heterocycles. The lowest BCUT2D eigenvalue weighted by Gasteiger charge is -2.38. The molecule has 0 saturated heterocycles. The Kier molecular flexibility index (Phi) is 4.97. The van der Waals surface area contributed by atoms with Crippen LogP contribution in [-0.2, 0) is 16.1 Å². The standard InChI is InChI=1S/C19H22N4O2/c1-20-17(24)19(9-2-10-19)18(25)22-13-14-3-5-15(6-4-14)23-16-7-11-21-12-8-16/h3-8,11-12H,2,9-10,13H2,1H3,(H,20,24)(H,21,23)(H,22,25). The number of anilines is 2. The van der Waals surface area contributed by atoms with Gasteiger partial charge in [0.05, 0.1) is 0 Å². The van der Waals surface area contributed by atoms with Gasteiger partial charge in [-0.25, -0.2) is 0 Å². The Morgan fingerprint density at radius 1 is 1.00 bits per heavy atom. The molecule has 0 radical (unpaired) electrons. The number of carbonyl (C=O) groups excluding carboxylic acids is 2. The highest BCUT2D eigenvalue weighted by Gasteiger charge is 2.50. The van der Waals surface area contributed by atoms with Crippen molar-refractivity contribution in [3.05, 3.63) is 54.4 Å². The maximum atomic E-state index is 12.4. The van der Waals surface area contributed by atoms with Crippen LogP contribution in [0.25, 0.3) is 0 Å². The minimum atomic E-state index is -0.877. The number of aromatic nitrogens is 1. The van der Waals surface area contributed by atoms with E-state index in [-0.39, 0.29) is 11.8 Å². The average Bonchev–Trinajstić information content (AvgIpc) is 2.61. The third kappa shape index (κ3) is 3.63. The van der Waals surface area contributed by atoms with Gasteiger partial charge in [0.1, 0.15) is 5.41 Å². The molecule has 0 aliphatic heterocycles. The fourth-order valence-corrected chi connectivity index (χ4v) is 2.99. The Bertz CT molecular complexity index is 740. The fraction of sp³-hybridized carbons (Fsp3) is 0.316. The largest absolute Gasteiger partial charge is 0.358 e. The molecule has 3 N–H and O–H groups in total. The topological polar surface area (TPSA) is 83.1 Å². The normalized spacial score (nSPS) is 14.9. The van der Waals surface area contributed by atoms with E-state index in [9.17, 15) is 9.59 Å². The number of pyridine rings is 1.